The van der Waals surface area contributed by atoms with Crippen LogP contribution in [0.5, 0.6) is 0 Å². The van der Waals surface area contributed by atoms with Gasteiger partial charge in [-0.2, -0.15) is 5.10 Å². The fourth-order valence-electron chi connectivity index (χ4n) is 1.67. The fourth-order valence-corrected chi connectivity index (χ4v) is 2.42. The number of fused-ring (bicyclic) bond motifs is 1. The maximum Gasteiger partial charge on any atom is 0.0671 e. The minimum absolute atomic E-state index is 0.938. The Morgan fingerprint density at radius 2 is 2.24 bits per heavy atom. The molecule has 0 amide bonds. The number of benzene rings is 1. The zero-order valence-corrected chi connectivity index (χ0v) is 10.2. The van der Waals surface area contributed by atoms with Crippen LogP contribution in [0.15, 0.2) is 41.5 Å². The lowest BCUT2D eigenvalue weighted by atomic mass is 10.2. The summed E-state index contributed by atoms with van der Waals surface area (Å²) < 4.78 is 0. The zero-order valence-electron chi connectivity index (χ0n) is 9.34. The van der Waals surface area contributed by atoms with E-state index >= 15 is 0 Å². The molecule has 0 radical (unpaired) electrons. The highest BCUT2D eigenvalue weighted by Crippen LogP contribution is 2.20. The number of hydrogen-bond donors (Lipinski definition) is 1. The van der Waals surface area contributed by atoms with Gasteiger partial charge in [0.15, 0.2) is 0 Å². The molecule has 0 unspecified atom stereocenters. The molecule has 3 aromatic rings. The van der Waals surface area contributed by atoms with Gasteiger partial charge in [-0.3, -0.25) is 10.1 Å². The van der Waals surface area contributed by atoms with Crippen molar-refractivity contribution in [3.05, 3.63) is 46.3 Å². The van der Waals surface area contributed by atoms with Gasteiger partial charge in [0.25, 0.3) is 0 Å². The number of rotatable bonds is 2. The Morgan fingerprint density at radius 1 is 1.29 bits per heavy atom. The van der Waals surface area contributed by atoms with Crippen LogP contribution in [0, 0.1) is 6.92 Å². The molecule has 0 saturated heterocycles. The third kappa shape index (κ3) is 2.12. The maximum atomic E-state index is 4.46. The molecular formula is C13H11N3S. The first-order chi connectivity index (χ1) is 8.31. The molecule has 0 saturated carbocycles. The highest BCUT2D eigenvalue weighted by molar-refractivity contribution is 7.13. The van der Waals surface area contributed by atoms with E-state index < -0.39 is 0 Å². The second kappa shape index (κ2) is 4.14. The standard InChI is InChI=1S/C13H11N3S/c1-9-2-5-12(17-9)8-14-11-4-3-10-7-15-16-13(10)6-11/h2-8H,1H3,(H,15,16). The summed E-state index contributed by atoms with van der Waals surface area (Å²) in [5.74, 6) is 0. The smallest absolute Gasteiger partial charge is 0.0671 e. The Balaban J connectivity index is 1.91. The first-order valence-corrected chi connectivity index (χ1v) is 6.16. The number of aromatic amines is 1. The monoisotopic (exact) mass is 241 g/mol. The summed E-state index contributed by atoms with van der Waals surface area (Å²) in [4.78, 5) is 6.93. The first kappa shape index (κ1) is 10.2. The van der Waals surface area contributed by atoms with Crippen molar-refractivity contribution in [3.63, 3.8) is 0 Å². The van der Waals surface area contributed by atoms with Crippen molar-refractivity contribution in [2.75, 3.05) is 0 Å². The van der Waals surface area contributed by atoms with Crippen molar-refractivity contribution in [1.82, 2.24) is 10.2 Å². The molecule has 0 aliphatic carbocycles. The number of nitrogens with zero attached hydrogens (tertiary/aromatic N) is 2. The van der Waals surface area contributed by atoms with Crippen molar-refractivity contribution in [3.8, 4) is 0 Å². The van der Waals surface area contributed by atoms with Gasteiger partial charge in [-0.25, -0.2) is 0 Å². The van der Waals surface area contributed by atoms with Gasteiger partial charge in [0.1, 0.15) is 0 Å². The van der Waals surface area contributed by atoms with E-state index in [9.17, 15) is 0 Å². The molecule has 1 N–H and O–H groups in total. The SMILES string of the molecule is Cc1ccc(C=Nc2ccc3cn[nH]c3c2)s1. The summed E-state index contributed by atoms with van der Waals surface area (Å²) in [6, 6.07) is 10.2. The maximum absolute atomic E-state index is 4.46. The first-order valence-electron chi connectivity index (χ1n) is 5.35. The van der Waals surface area contributed by atoms with Gasteiger partial charge in [-0.15, -0.1) is 11.3 Å². The van der Waals surface area contributed by atoms with Crippen molar-refractivity contribution >= 4 is 34.1 Å². The summed E-state index contributed by atoms with van der Waals surface area (Å²) in [6.07, 6.45) is 3.71. The predicted octanol–water partition coefficient (Wildman–Crippen LogP) is 3.68. The van der Waals surface area contributed by atoms with Crippen LogP contribution in [0.2, 0.25) is 0 Å². The van der Waals surface area contributed by atoms with E-state index in [4.69, 9.17) is 0 Å². The Bertz CT molecular complexity index is 679. The normalized spacial score (nSPS) is 11.6. The van der Waals surface area contributed by atoms with Gasteiger partial charge in [-0.1, -0.05) is 0 Å². The van der Waals surface area contributed by atoms with Crippen molar-refractivity contribution in [2.45, 2.75) is 6.92 Å². The number of thiophene rings is 1. The number of H-pyrrole nitrogens is 1. The van der Waals surface area contributed by atoms with Crippen LogP contribution in [-0.4, -0.2) is 16.4 Å². The molecule has 0 aliphatic heterocycles. The van der Waals surface area contributed by atoms with E-state index in [1.54, 1.807) is 11.3 Å². The Labute approximate surface area is 103 Å². The topological polar surface area (TPSA) is 41.0 Å². The molecule has 0 aliphatic rings. The molecule has 1 aromatic carbocycles. The van der Waals surface area contributed by atoms with Gasteiger partial charge >= 0.3 is 0 Å². The average molecular weight is 241 g/mol. The highest BCUT2D eigenvalue weighted by atomic mass is 32.1. The highest BCUT2D eigenvalue weighted by Gasteiger charge is 1.96. The third-order valence-electron chi connectivity index (χ3n) is 2.53. The van der Waals surface area contributed by atoms with E-state index in [1.807, 2.05) is 30.6 Å². The lowest BCUT2D eigenvalue weighted by Gasteiger charge is -1.93. The number of aromatic nitrogens is 2. The van der Waals surface area contributed by atoms with Crippen LogP contribution in [0.25, 0.3) is 10.9 Å². The summed E-state index contributed by atoms with van der Waals surface area (Å²) >= 11 is 1.74. The summed E-state index contributed by atoms with van der Waals surface area (Å²) in [6.45, 7) is 2.10. The molecule has 2 heterocycles. The van der Waals surface area contributed by atoms with Crippen LogP contribution >= 0.6 is 11.3 Å². The quantitative estimate of drug-likeness (QED) is 0.683. The predicted molar refractivity (Wildman–Crippen MR) is 72.4 cm³/mol. The molecule has 2 aromatic heterocycles. The molecule has 0 spiro atoms. The van der Waals surface area contributed by atoms with Crippen molar-refractivity contribution in [2.24, 2.45) is 4.99 Å². The second-order valence-corrected chi connectivity index (χ2v) is 5.17. The van der Waals surface area contributed by atoms with Crippen molar-refractivity contribution < 1.29 is 0 Å². The van der Waals surface area contributed by atoms with E-state index in [0.29, 0.717) is 0 Å². The van der Waals surface area contributed by atoms with Crippen LogP contribution in [-0.2, 0) is 0 Å². The summed E-state index contributed by atoms with van der Waals surface area (Å²) in [5.41, 5.74) is 1.95. The molecule has 4 heteroatoms. The van der Waals surface area contributed by atoms with Crippen LogP contribution in [0.1, 0.15) is 9.75 Å². The molecule has 0 fully saturated rings. The number of aliphatic imine (C=N–C) groups is 1. The molecule has 0 bridgehead atoms. The Morgan fingerprint density at radius 3 is 3.06 bits per heavy atom. The Kier molecular flexibility index (Phi) is 2.49. The van der Waals surface area contributed by atoms with E-state index in [-0.39, 0.29) is 0 Å². The molecule has 84 valence electrons. The van der Waals surface area contributed by atoms with Crippen LogP contribution in [0.4, 0.5) is 5.69 Å². The van der Waals surface area contributed by atoms with Gasteiger partial charge in [0.2, 0.25) is 0 Å². The van der Waals surface area contributed by atoms with Gasteiger partial charge in [0.05, 0.1) is 17.4 Å². The third-order valence-corrected chi connectivity index (χ3v) is 3.46. The molecule has 0 atom stereocenters. The lowest BCUT2D eigenvalue weighted by molar-refractivity contribution is 1.12. The largest absolute Gasteiger partial charge is 0.278 e. The molecular weight excluding hydrogens is 230 g/mol. The van der Waals surface area contributed by atoms with Gasteiger partial charge in [0, 0.05) is 21.4 Å². The van der Waals surface area contributed by atoms with Crippen molar-refractivity contribution in [1.29, 1.82) is 0 Å². The molecule has 17 heavy (non-hydrogen) atoms. The van der Waals surface area contributed by atoms with Gasteiger partial charge in [-0.05, 0) is 37.3 Å². The average Bonchev–Trinajstić information content (AvgIpc) is 2.94. The summed E-state index contributed by atoms with van der Waals surface area (Å²) in [7, 11) is 0. The molecule has 3 rings (SSSR count). The van der Waals surface area contributed by atoms with E-state index in [0.717, 1.165) is 16.6 Å². The van der Waals surface area contributed by atoms with E-state index in [2.05, 4.69) is 34.2 Å². The van der Waals surface area contributed by atoms with Gasteiger partial charge < -0.3 is 0 Å². The minimum Gasteiger partial charge on any atom is -0.278 e. The number of nitrogens with one attached hydrogen (secondary N) is 1. The molecule has 3 nitrogen and oxygen atoms in total. The van der Waals surface area contributed by atoms with E-state index in [1.165, 1.54) is 9.75 Å². The zero-order chi connectivity index (χ0) is 11.7. The number of hydrogen-bond acceptors (Lipinski definition) is 3. The summed E-state index contributed by atoms with van der Waals surface area (Å²) in [5, 5.41) is 8.04. The van der Waals surface area contributed by atoms with Crippen LogP contribution < -0.4 is 0 Å². The minimum atomic E-state index is 0.938. The van der Waals surface area contributed by atoms with Crippen LogP contribution in [0.3, 0.4) is 0 Å². The number of aryl methyl sites for hydroxylation is 1. The lowest BCUT2D eigenvalue weighted by Crippen LogP contribution is -1.73. The fraction of sp³-hybridized carbons (Fsp3) is 0.0769. The second-order valence-electron chi connectivity index (χ2n) is 3.85. The Hall–Kier alpha value is -1.94.